The van der Waals surface area contributed by atoms with Crippen LogP contribution in [0.2, 0.25) is 10.0 Å². The Hall–Kier alpha value is -1.55. The lowest BCUT2D eigenvalue weighted by Gasteiger charge is -2.28. The molecule has 10 heteroatoms. The first-order valence-corrected chi connectivity index (χ1v) is 14.8. The summed E-state index contributed by atoms with van der Waals surface area (Å²) in [5, 5.41) is 1.93. The zero-order valence-corrected chi connectivity index (χ0v) is 22.9. The quantitative estimate of drug-likeness (QED) is 0.243. The molecule has 5 nitrogen and oxygen atoms in total. The molecule has 0 amide bonds. The summed E-state index contributed by atoms with van der Waals surface area (Å²) in [7, 11) is -4.33. The maximum absolute atomic E-state index is 12.3. The smallest absolute Gasteiger partial charge is 0.286 e. The highest BCUT2D eigenvalue weighted by atomic mass is 35.5. The van der Waals surface area contributed by atoms with Crippen molar-refractivity contribution in [3.05, 3.63) is 68.1 Å². The molecule has 2 aromatic carbocycles. The number of rotatable bonds is 7. The molecule has 1 aromatic heterocycles. The van der Waals surface area contributed by atoms with E-state index in [1.807, 2.05) is 30.3 Å². The number of aryl methyl sites for hydroxylation is 1. The van der Waals surface area contributed by atoms with E-state index in [-0.39, 0.29) is 6.42 Å². The molecule has 0 aliphatic carbocycles. The van der Waals surface area contributed by atoms with Gasteiger partial charge in [-0.2, -0.15) is 13.0 Å². The fraction of sp³-hybridized carbons (Fsp3) is 0.292. The van der Waals surface area contributed by atoms with Crippen molar-refractivity contribution in [2.45, 2.75) is 50.4 Å². The highest BCUT2D eigenvalue weighted by Gasteiger charge is 2.37. The van der Waals surface area contributed by atoms with Crippen LogP contribution in [0, 0.1) is 0 Å². The molecule has 1 N–H and O–H groups in total. The van der Waals surface area contributed by atoms with Crippen LogP contribution in [0.5, 0.6) is 0 Å². The number of benzene rings is 2. The Labute approximate surface area is 218 Å². The molecular formula is C24H25Cl2N2O3S3+. The van der Waals surface area contributed by atoms with Gasteiger partial charge in [-0.15, -0.1) is 0 Å². The van der Waals surface area contributed by atoms with E-state index in [0.29, 0.717) is 15.7 Å². The van der Waals surface area contributed by atoms with E-state index in [4.69, 9.17) is 23.2 Å². The number of hydrogen-bond acceptors (Lipinski definition) is 5. The molecule has 1 atom stereocenters. The van der Waals surface area contributed by atoms with Crippen molar-refractivity contribution < 1.29 is 17.5 Å². The fourth-order valence-corrected chi connectivity index (χ4v) is 7.69. The molecule has 0 fully saturated rings. The SMILES string of the molecule is CCC(=Cc1sc2ccc(Cl)cc2[n+]1CC)C=C1Sc2ccc(Cl)cc2N1C(CC)S(=O)(=O)O. The van der Waals surface area contributed by atoms with Gasteiger partial charge in [-0.1, -0.05) is 60.1 Å². The van der Waals surface area contributed by atoms with Crippen LogP contribution in [-0.4, -0.2) is 18.3 Å². The number of thiazole rings is 1. The highest BCUT2D eigenvalue weighted by Crippen LogP contribution is 2.49. The molecule has 0 bridgehead atoms. The van der Waals surface area contributed by atoms with Crippen molar-refractivity contribution in [3.8, 4) is 0 Å². The number of hydrogen-bond donors (Lipinski definition) is 1. The lowest BCUT2D eigenvalue weighted by molar-refractivity contribution is -0.665. The predicted octanol–water partition coefficient (Wildman–Crippen LogP) is 7.39. The van der Waals surface area contributed by atoms with Gasteiger partial charge in [-0.3, -0.25) is 4.55 Å². The van der Waals surface area contributed by atoms with Gasteiger partial charge in [0.25, 0.3) is 15.1 Å². The van der Waals surface area contributed by atoms with Crippen LogP contribution >= 0.6 is 46.3 Å². The standard InChI is InChI=1S/C24H24Cl2N2O3S3/c1-4-15(11-22-27(6-3)18-13-16(25)7-9-20(18)32-22)12-23-28(24(5-2)34(29,30)31)19-14-17(26)8-10-21(19)33-23/h7-14,24H,4-6H2,1-3H3/p+1. The van der Waals surface area contributed by atoms with Crippen molar-refractivity contribution in [1.82, 2.24) is 0 Å². The number of fused-ring (bicyclic) bond motifs is 2. The van der Waals surface area contributed by atoms with Crippen molar-refractivity contribution >= 4 is 78.4 Å². The van der Waals surface area contributed by atoms with Crippen LogP contribution in [-0.2, 0) is 16.7 Å². The van der Waals surface area contributed by atoms with E-state index in [1.54, 1.807) is 35.3 Å². The minimum absolute atomic E-state index is 0.223. The van der Waals surface area contributed by atoms with Crippen molar-refractivity contribution in [1.29, 1.82) is 0 Å². The highest BCUT2D eigenvalue weighted by molar-refractivity contribution is 8.03. The zero-order valence-electron chi connectivity index (χ0n) is 19.0. The Balaban J connectivity index is 1.84. The second kappa shape index (κ2) is 10.2. The van der Waals surface area contributed by atoms with Gasteiger partial charge in [0, 0.05) is 27.1 Å². The summed E-state index contributed by atoms with van der Waals surface area (Å²) in [6.45, 7) is 6.70. The fourth-order valence-electron chi connectivity index (χ4n) is 4.04. The molecule has 180 valence electrons. The van der Waals surface area contributed by atoms with Gasteiger partial charge < -0.3 is 4.90 Å². The third kappa shape index (κ3) is 5.03. The van der Waals surface area contributed by atoms with Gasteiger partial charge in [-0.25, -0.2) is 0 Å². The third-order valence-corrected chi connectivity index (χ3v) is 9.55. The minimum atomic E-state index is -4.33. The molecule has 1 aliphatic heterocycles. The number of thioether (sulfide) groups is 1. The van der Waals surface area contributed by atoms with Crippen LogP contribution in [0.1, 0.15) is 38.6 Å². The first-order chi connectivity index (χ1) is 16.2. The van der Waals surface area contributed by atoms with E-state index in [2.05, 4.69) is 24.5 Å². The summed E-state index contributed by atoms with van der Waals surface area (Å²) in [6.07, 6.45) is 5.11. The molecular weight excluding hydrogens is 531 g/mol. The Morgan fingerprint density at radius 1 is 1.15 bits per heavy atom. The summed E-state index contributed by atoms with van der Waals surface area (Å²) < 4.78 is 37.9. The molecule has 0 spiro atoms. The van der Waals surface area contributed by atoms with Gasteiger partial charge in [0.2, 0.25) is 5.52 Å². The summed E-state index contributed by atoms with van der Waals surface area (Å²) in [6, 6.07) is 11.3. The van der Waals surface area contributed by atoms with Crippen LogP contribution in [0.15, 0.2) is 58.0 Å². The van der Waals surface area contributed by atoms with E-state index < -0.39 is 15.5 Å². The molecule has 3 aromatic rings. The summed E-state index contributed by atoms with van der Waals surface area (Å²) in [5.74, 6) is 0. The first-order valence-electron chi connectivity index (χ1n) is 10.9. The summed E-state index contributed by atoms with van der Waals surface area (Å²) >= 11 is 15.6. The normalized spacial score (nSPS) is 16.5. The van der Waals surface area contributed by atoms with Gasteiger partial charge in [-0.05, 0) is 61.7 Å². The zero-order chi connectivity index (χ0) is 24.6. The molecule has 0 radical (unpaired) electrons. The number of anilines is 1. The average Bonchev–Trinajstić information content (AvgIpc) is 3.29. The molecule has 0 saturated heterocycles. The number of nitrogens with zero attached hydrogens (tertiary/aromatic N) is 2. The van der Waals surface area contributed by atoms with Crippen LogP contribution in [0.4, 0.5) is 5.69 Å². The number of allylic oxidation sites excluding steroid dienone is 2. The van der Waals surface area contributed by atoms with Crippen LogP contribution in [0.3, 0.4) is 0 Å². The lowest BCUT2D eigenvalue weighted by atomic mass is 10.2. The van der Waals surface area contributed by atoms with Crippen LogP contribution in [0.25, 0.3) is 16.3 Å². The van der Waals surface area contributed by atoms with Gasteiger partial charge >= 0.3 is 0 Å². The van der Waals surface area contributed by atoms with Gasteiger partial charge in [0.1, 0.15) is 11.2 Å². The topological polar surface area (TPSA) is 61.5 Å². The monoisotopic (exact) mass is 555 g/mol. The van der Waals surface area contributed by atoms with Gasteiger partial charge in [0.05, 0.1) is 10.7 Å². The maximum atomic E-state index is 12.3. The predicted molar refractivity (Wildman–Crippen MR) is 144 cm³/mol. The van der Waals surface area contributed by atoms with E-state index in [1.165, 1.54) is 11.8 Å². The molecule has 1 unspecified atom stereocenters. The Morgan fingerprint density at radius 3 is 2.50 bits per heavy atom. The molecule has 34 heavy (non-hydrogen) atoms. The Morgan fingerprint density at radius 2 is 1.85 bits per heavy atom. The van der Waals surface area contributed by atoms with Crippen molar-refractivity contribution in [3.63, 3.8) is 0 Å². The third-order valence-electron chi connectivity index (χ3n) is 5.65. The summed E-state index contributed by atoms with van der Waals surface area (Å²) in [4.78, 5) is 2.58. The minimum Gasteiger partial charge on any atom is -0.315 e. The van der Waals surface area contributed by atoms with Crippen molar-refractivity contribution in [2.24, 2.45) is 0 Å². The Kier molecular flexibility index (Phi) is 7.67. The second-order valence-corrected chi connectivity index (χ2v) is 12.4. The lowest BCUT2D eigenvalue weighted by Crippen LogP contribution is -2.38. The average molecular weight is 557 g/mol. The molecule has 1 aliphatic rings. The maximum Gasteiger partial charge on any atom is 0.286 e. The Bertz CT molecular complexity index is 1410. The largest absolute Gasteiger partial charge is 0.315 e. The van der Waals surface area contributed by atoms with E-state index >= 15 is 0 Å². The summed E-state index contributed by atoms with van der Waals surface area (Å²) in [5.41, 5.74) is 2.81. The van der Waals surface area contributed by atoms with Gasteiger partial charge in [0.15, 0.2) is 5.37 Å². The second-order valence-electron chi connectivity index (χ2n) is 7.81. The molecule has 4 rings (SSSR count). The molecule has 2 heterocycles. The van der Waals surface area contributed by atoms with Crippen molar-refractivity contribution in [2.75, 3.05) is 4.90 Å². The van der Waals surface area contributed by atoms with Crippen LogP contribution < -0.4 is 9.47 Å². The van der Waals surface area contributed by atoms with E-state index in [9.17, 15) is 13.0 Å². The molecule has 0 saturated carbocycles. The number of halogens is 2. The first kappa shape index (κ1) is 25.5. The number of aromatic nitrogens is 1. The van der Waals surface area contributed by atoms with E-state index in [0.717, 1.165) is 43.7 Å².